The van der Waals surface area contributed by atoms with Crippen molar-refractivity contribution >= 4 is 5.97 Å². The van der Waals surface area contributed by atoms with Gasteiger partial charge in [0.05, 0.1) is 6.61 Å². The smallest absolute Gasteiger partial charge is 0.339 e. The van der Waals surface area contributed by atoms with E-state index >= 15 is 0 Å². The van der Waals surface area contributed by atoms with Crippen LogP contribution >= 0.6 is 0 Å². The molecule has 6 heteroatoms. The lowest BCUT2D eigenvalue weighted by atomic mass is 9.85. The fourth-order valence-electron chi connectivity index (χ4n) is 3.45. The molecule has 2 rings (SSSR count). The molecule has 6 nitrogen and oxygen atoms in total. The second kappa shape index (κ2) is 9.74. The summed E-state index contributed by atoms with van der Waals surface area (Å²) < 4.78 is 5.80. The van der Waals surface area contributed by atoms with Gasteiger partial charge in [0.25, 0.3) is 0 Å². The maximum Gasteiger partial charge on any atom is 0.339 e. The molecule has 0 bridgehead atoms. The lowest BCUT2D eigenvalue weighted by molar-refractivity contribution is 0.0693. The van der Waals surface area contributed by atoms with Crippen molar-refractivity contribution in [3.63, 3.8) is 0 Å². The summed E-state index contributed by atoms with van der Waals surface area (Å²) in [5.74, 6) is -1.04. The number of carboxylic acids is 1. The molecule has 0 radical (unpaired) electrons. The van der Waals surface area contributed by atoms with Gasteiger partial charge in [0.1, 0.15) is 17.1 Å². The van der Waals surface area contributed by atoms with E-state index in [1.54, 1.807) is 6.07 Å². The minimum atomic E-state index is -1.17. The summed E-state index contributed by atoms with van der Waals surface area (Å²) in [6, 6.07) is 6.64. The third kappa shape index (κ3) is 5.38. The van der Waals surface area contributed by atoms with Crippen molar-refractivity contribution in [2.24, 2.45) is 0 Å². The number of hydrogen-bond donors (Lipinski definition) is 4. The molecule has 2 aromatic carbocycles. The standard InChI is InChI=1S/C24H32O6/c1-5-8-16-19(13-11-17(21(16)26)23(28)29)30-14-7-6-9-15-10-12-18(24(2,3)4)22(27)20(15)25/h10-13,25-27H,5-9,14H2,1-4H3,(H,28,29). The summed E-state index contributed by atoms with van der Waals surface area (Å²) in [6.45, 7) is 8.28. The predicted molar refractivity (Wildman–Crippen MR) is 116 cm³/mol. The first-order chi connectivity index (χ1) is 14.1. The van der Waals surface area contributed by atoms with E-state index in [9.17, 15) is 20.1 Å². The Morgan fingerprint density at radius 1 is 0.933 bits per heavy atom. The number of aryl methyl sites for hydroxylation is 1. The van der Waals surface area contributed by atoms with Crippen molar-refractivity contribution in [3.8, 4) is 23.0 Å². The summed E-state index contributed by atoms with van der Waals surface area (Å²) >= 11 is 0. The first-order valence-corrected chi connectivity index (χ1v) is 10.3. The van der Waals surface area contributed by atoms with Crippen LogP contribution < -0.4 is 4.74 Å². The number of ether oxygens (including phenoxy) is 1. The van der Waals surface area contributed by atoms with Crippen molar-refractivity contribution < 1.29 is 30.0 Å². The van der Waals surface area contributed by atoms with Crippen LogP contribution in [-0.4, -0.2) is 33.0 Å². The lowest BCUT2D eigenvalue weighted by Gasteiger charge is -2.21. The van der Waals surface area contributed by atoms with Gasteiger partial charge in [-0.1, -0.05) is 46.2 Å². The van der Waals surface area contributed by atoms with E-state index in [1.807, 2.05) is 39.8 Å². The Hall–Kier alpha value is -2.89. The van der Waals surface area contributed by atoms with Crippen LogP contribution in [0.3, 0.4) is 0 Å². The molecule has 164 valence electrons. The fraction of sp³-hybridized carbons (Fsp3) is 0.458. The summed E-state index contributed by atoms with van der Waals surface area (Å²) in [6.07, 6.45) is 3.31. The van der Waals surface area contributed by atoms with Gasteiger partial charge >= 0.3 is 5.97 Å². The van der Waals surface area contributed by atoms with Gasteiger partial charge in [0.2, 0.25) is 0 Å². The number of hydrogen-bond acceptors (Lipinski definition) is 5. The maximum absolute atomic E-state index is 11.2. The lowest BCUT2D eigenvalue weighted by Crippen LogP contribution is -2.11. The first-order valence-electron chi connectivity index (χ1n) is 10.3. The molecule has 0 amide bonds. The van der Waals surface area contributed by atoms with Gasteiger partial charge in [-0.2, -0.15) is 0 Å². The molecule has 0 aliphatic heterocycles. The Bertz CT molecular complexity index is 896. The molecular weight excluding hydrogens is 384 g/mol. The Kier molecular flexibility index (Phi) is 7.59. The molecule has 0 unspecified atom stereocenters. The zero-order chi connectivity index (χ0) is 22.5. The van der Waals surface area contributed by atoms with Crippen LogP contribution in [0, 0.1) is 0 Å². The Morgan fingerprint density at radius 2 is 1.63 bits per heavy atom. The molecule has 0 atom stereocenters. The highest BCUT2D eigenvalue weighted by Gasteiger charge is 2.22. The van der Waals surface area contributed by atoms with Crippen molar-refractivity contribution in [2.45, 2.75) is 65.2 Å². The SMILES string of the molecule is CCCc1c(OCCCCc2ccc(C(C)(C)C)c(O)c2O)ccc(C(=O)O)c1O. The highest BCUT2D eigenvalue weighted by Crippen LogP contribution is 2.39. The molecule has 0 aliphatic carbocycles. The third-order valence-electron chi connectivity index (χ3n) is 5.11. The number of carbonyl (C=O) groups is 1. The van der Waals surface area contributed by atoms with Crippen molar-refractivity contribution in [1.82, 2.24) is 0 Å². The molecule has 0 aliphatic rings. The van der Waals surface area contributed by atoms with Gasteiger partial charge in [-0.15, -0.1) is 0 Å². The van der Waals surface area contributed by atoms with Crippen LogP contribution in [0.1, 0.15) is 74.0 Å². The van der Waals surface area contributed by atoms with Crippen LogP contribution in [0.2, 0.25) is 0 Å². The molecule has 0 spiro atoms. The highest BCUT2D eigenvalue weighted by molar-refractivity contribution is 5.91. The van der Waals surface area contributed by atoms with E-state index in [1.165, 1.54) is 6.07 Å². The highest BCUT2D eigenvalue weighted by atomic mass is 16.5. The molecule has 0 saturated heterocycles. The first kappa shape index (κ1) is 23.4. The minimum Gasteiger partial charge on any atom is -0.507 e. The number of rotatable bonds is 9. The zero-order valence-corrected chi connectivity index (χ0v) is 18.2. The van der Waals surface area contributed by atoms with Crippen molar-refractivity contribution in [3.05, 3.63) is 46.5 Å². The van der Waals surface area contributed by atoms with E-state index in [0.717, 1.165) is 12.8 Å². The van der Waals surface area contributed by atoms with Crippen LogP contribution in [0.4, 0.5) is 0 Å². The van der Waals surface area contributed by atoms with E-state index in [4.69, 9.17) is 9.84 Å². The number of phenols is 3. The van der Waals surface area contributed by atoms with Crippen LogP contribution in [0.25, 0.3) is 0 Å². The summed E-state index contributed by atoms with van der Waals surface area (Å²) in [7, 11) is 0. The van der Waals surface area contributed by atoms with Gasteiger partial charge in [-0.25, -0.2) is 4.79 Å². The number of benzene rings is 2. The molecule has 0 fully saturated rings. The monoisotopic (exact) mass is 416 g/mol. The average molecular weight is 417 g/mol. The maximum atomic E-state index is 11.2. The van der Waals surface area contributed by atoms with Gasteiger partial charge in [-0.3, -0.25) is 0 Å². The van der Waals surface area contributed by atoms with E-state index in [0.29, 0.717) is 48.3 Å². The Labute approximate surface area is 177 Å². The van der Waals surface area contributed by atoms with E-state index < -0.39 is 5.97 Å². The number of carboxylic acid groups (broad SMARTS) is 1. The van der Waals surface area contributed by atoms with Gasteiger partial charge in [0.15, 0.2) is 11.5 Å². The van der Waals surface area contributed by atoms with Crippen molar-refractivity contribution in [2.75, 3.05) is 6.61 Å². The normalized spacial score (nSPS) is 11.5. The van der Waals surface area contributed by atoms with Crippen LogP contribution in [-0.2, 0) is 18.3 Å². The summed E-state index contributed by atoms with van der Waals surface area (Å²) in [5, 5.41) is 40.0. The van der Waals surface area contributed by atoms with Gasteiger partial charge < -0.3 is 25.2 Å². The topological polar surface area (TPSA) is 107 Å². The van der Waals surface area contributed by atoms with Crippen molar-refractivity contribution in [1.29, 1.82) is 0 Å². The molecule has 0 aromatic heterocycles. The number of aromatic carboxylic acids is 1. The summed E-state index contributed by atoms with van der Waals surface area (Å²) in [4.78, 5) is 11.2. The number of aromatic hydroxyl groups is 3. The second-order valence-electron chi connectivity index (χ2n) is 8.52. The zero-order valence-electron chi connectivity index (χ0n) is 18.2. The third-order valence-corrected chi connectivity index (χ3v) is 5.11. The predicted octanol–water partition coefficient (Wildman–Crippen LogP) is 5.15. The molecule has 0 saturated carbocycles. The second-order valence-corrected chi connectivity index (χ2v) is 8.52. The van der Waals surface area contributed by atoms with Crippen LogP contribution in [0.5, 0.6) is 23.0 Å². The number of phenolic OH excluding ortho intramolecular Hbond substituents is 2. The molecule has 4 N–H and O–H groups in total. The number of unbranched alkanes of at least 4 members (excludes halogenated alkanes) is 1. The minimum absolute atomic E-state index is 0.0607. The van der Waals surface area contributed by atoms with E-state index in [2.05, 4.69) is 0 Å². The van der Waals surface area contributed by atoms with Crippen LogP contribution in [0.15, 0.2) is 24.3 Å². The molecular formula is C24H32O6. The summed E-state index contributed by atoms with van der Waals surface area (Å²) in [5.41, 5.74) is 1.53. The molecule has 2 aromatic rings. The quantitative estimate of drug-likeness (QED) is 0.332. The molecule has 30 heavy (non-hydrogen) atoms. The van der Waals surface area contributed by atoms with E-state index in [-0.39, 0.29) is 28.2 Å². The Morgan fingerprint density at radius 3 is 2.23 bits per heavy atom. The Balaban J connectivity index is 1.97. The molecule has 0 heterocycles. The fourth-order valence-corrected chi connectivity index (χ4v) is 3.45. The van der Waals surface area contributed by atoms with Gasteiger partial charge in [0, 0.05) is 11.1 Å². The average Bonchev–Trinajstić information content (AvgIpc) is 2.66. The largest absolute Gasteiger partial charge is 0.507 e. The van der Waals surface area contributed by atoms with Gasteiger partial charge in [-0.05, 0) is 48.8 Å².